The van der Waals surface area contributed by atoms with Crippen LogP contribution >= 0.6 is 0 Å². The number of nitrogens with zero attached hydrogens (tertiary/aromatic N) is 4. The molecule has 10 nitrogen and oxygen atoms in total. The molecule has 0 bridgehead atoms. The molecule has 29 heavy (non-hydrogen) atoms. The zero-order valence-electron chi connectivity index (χ0n) is 15.5. The van der Waals surface area contributed by atoms with Crippen molar-refractivity contribution in [2.24, 2.45) is 7.05 Å². The molecule has 13 heteroatoms. The molecule has 0 unspecified atom stereocenters. The van der Waals surface area contributed by atoms with Crippen LogP contribution in [0, 0.1) is 5.82 Å². The number of nitrogens with one attached hydrogen (secondary N) is 1. The lowest BCUT2D eigenvalue weighted by molar-refractivity contribution is -0.130. The highest BCUT2D eigenvalue weighted by Crippen LogP contribution is 2.23. The number of likely N-dealkylation sites (tertiary alicyclic amines) is 1. The fourth-order valence-corrected chi connectivity index (χ4v) is 5.89. The van der Waals surface area contributed by atoms with Crippen LogP contribution in [0.5, 0.6) is 0 Å². The molecule has 2 aromatic rings. The van der Waals surface area contributed by atoms with Crippen molar-refractivity contribution >= 4 is 25.8 Å². The predicted molar refractivity (Wildman–Crippen MR) is 99.4 cm³/mol. The first-order chi connectivity index (χ1) is 13.6. The Bertz CT molecular complexity index is 1110. The minimum absolute atomic E-state index is 0.125. The number of aromatic nitrogens is 3. The maximum Gasteiger partial charge on any atom is 0.249 e. The summed E-state index contributed by atoms with van der Waals surface area (Å²) < 4.78 is 66.7. The number of hydrogen-bond acceptors (Lipinski definition) is 7. The van der Waals surface area contributed by atoms with E-state index in [1.54, 1.807) is 0 Å². The highest BCUT2D eigenvalue weighted by atomic mass is 32.2. The van der Waals surface area contributed by atoms with Crippen LogP contribution in [0.15, 0.2) is 40.6 Å². The number of halogens is 1. The number of rotatable bonds is 6. The number of aryl methyl sites for hydroxylation is 1. The number of amides is 1. The summed E-state index contributed by atoms with van der Waals surface area (Å²) in [4.78, 5) is 13.2. The number of carbonyl (C=O) groups excluding carboxylic acids is 1. The number of benzene rings is 1. The molecule has 0 aliphatic carbocycles. The average Bonchev–Trinajstić information content (AvgIpc) is 3.13. The zero-order chi connectivity index (χ0) is 21.2. The van der Waals surface area contributed by atoms with E-state index in [4.69, 9.17) is 0 Å². The second kappa shape index (κ2) is 8.16. The average molecular weight is 445 g/mol. The molecule has 1 aliphatic heterocycles. The summed E-state index contributed by atoms with van der Waals surface area (Å²) >= 11 is 0. The Morgan fingerprint density at radius 2 is 1.86 bits per heavy atom. The minimum Gasteiger partial charge on any atom is -0.341 e. The van der Waals surface area contributed by atoms with Gasteiger partial charge in [-0.1, -0.05) is 12.1 Å². The van der Waals surface area contributed by atoms with Gasteiger partial charge in [0.15, 0.2) is 0 Å². The lowest BCUT2D eigenvalue weighted by atomic mass is 10.1. The van der Waals surface area contributed by atoms with Crippen molar-refractivity contribution in [3.8, 4) is 0 Å². The highest BCUT2D eigenvalue weighted by molar-refractivity contribution is 7.91. The zero-order valence-corrected chi connectivity index (χ0v) is 17.2. The van der Waals surface area contributed by atoms with Gasteiger partial charge >= 0.3 is 0 Å². The van der Waals surface area contributed by atoms with Gasteiger partial charge in [-0.25, -0.2) is 25.9 Å². The van der Waals surface area contributed by atoms with Gasteiger partial charge in [-0.15, -0.1) is 10.2 Å². The summed E-state index contributed by atoms with van der Waals surface area (Å²) in [7, 11) is -6.32. The fraction of sp³-hybridized carbons (Fsp3) is 0.438. The maximum atomic E-state index is 13.7. The standard InChI is InChI=1S/C16H20FN5O5S2/c1-21-11-18-20-16(21)28(24,25)12-6-8-22(9-7-12)15(23)10-19-29(26,27)14-5-3-2-4-13(14)17/h2-5,11-12,19H,6-10H2,1H3. The van der Waals surface area contributed by atoms with E-state index in [9.17, 15) is 26.0 Å². The Kier molecular flexibility index (Phi) is 6.00. The smallest absolute Gasteiger partial charge is 0.249 e. The summed E-state index contributed by atoms with van der Waals surface area (Å²) in [6, 6.07) is 4.85. The molecule has 0 radical (unpaired) electrons. The van der Waals surface area contributed by atoms with E-state index < -0.39 is 48.3 Å². The lowest BCUT2D eigenvalue weighted by Crippen LogP contribution is -2.46. The van der Waals surface area contributed by atoms with Crippen molar-refractivity contribution in [1.82, 2.24) is 24.4 Å². The molecule has 1 N–H and O–H groups in total. The van der Waals surface area contributed by atoms with E-state index in [0.29, 0.717) is 0 Å². The number of sulfone groups is 1. The summed E-state index contributed by atoms with van der Waals surface area (Å²) in [6.07, 6.45) is 1.69. The summed E-state index contributed by atoms with van der Waals surface area (Å²) in [6.45, 7) is -0.235. The Morgan fingerprint density at radius 3 is 2.45 bits per heavy atom. The summed E-state index contributed by atoms with van der Waals surface area (Å²) in [5.41, 5.74) is 0. The summed E-state index contributed by atoms with van der Waals surface area (Å²) in [5, 5.41) is 6.40. The van der Waals surface area contributed by atoms with Gasteiger partial charge in [0, 0.05) is 20.1 Å². The Hall–Kier alpha value is -2.38. The van der Waals surface area contributed by atoms with Gasteiger partial charge in [-0.3, -0.25) is 4.79 Å². The van der Waals surface area contributed by atoms with Crippen LogP contribution in [0.1, 0.15) is 12.8 Å². The van der Waals surface area contributed by atoms with E-state index in [1.807, 2.05) is 0 Å². The molecule has 1 amide bonds. The van der Waals surface area contributed by atoms with Gasteiger partial charge in [0.2, 0.25) is 30.9 Å². The van der Waals surface area contributed by atoms with Crippen LogP contribution in [0.3, 0.4) is 0 Å². The van der Waals surface area contributed by atoms with E-state index >= 15 is 0 Å². The molecule has 158 valence electrons. The first-order valence-electron chi connectivity index (χ1n) is 8.73. The third kappa shape index (κ3) is 4.46. The number of piperidine rings is 1. The summed E-state index contributed by atoms with van der Waals surface area (Å²) in [5.74, 6) is -1.43. The van der Waals surface area contributed by atoms with Gasteiger partial charge < -0.3 is 9.47 Å². The Morgan fingerprint density at radius 1 is 1.21 bits per heavy atom. The van der Waals surface area contributed by atoms with Gasteiger partial charge in [0.05, 0.1) is 11.8 Å². The monoisotopic (exact) mass is 445 g/mol. The quantitative estimate of drug-likeness (QED) is 0.646. The van der Waals surface area contributed by atoms with Crippen molar-refractivity contribution in [1.29, 1.82) is 0 Å². The van der Waals surface area contributed by atoms with Crippen molar-refractivity contribution in [3.63, 3.8) is 0 Å². The van der Waals surface area contributed by atoms with Crippen LogP contribution in [-0.4, -0.2) is 67.3 Å². The molecule has 1 aromatic heterocycles. The van der Waals surface area contributed by atoms with Crippen LogP contribution in [0.2, 0.25) is 0 Å². The van der Waals surface area contributed by atoms with Gasteiger partial charge in [-0.2, -0.15) is 0 Å². The number of carbonyl (C=O) groups is 1. The molecular weight excluding hydrogens is 425 g/mol. The molecule has 0 spiro atoms. The Labute approximate surface area is 167 Å². The first-order valence-corrected chi connectivity index (χ1v) is 11.8. The van der Waals surface area contributed by atoms with E-state index in [2.05, 4.69) is 14.9 Å². The lowest BCUT2D eigenvalue weighted by Gasteiger charge is -2.31. The predicted octanol–water partition coefficient (Wildman–Crippen LogP) is -0.303. The van der Waals surface area contributed by atoms with E-state index in [-0.39, 0.29) is 31.1 Å². The van der Waals surface area contributed by atoms with Crippen LogP contribution in [-0.2, 0) is 31.7 Å². The highest BCUT2D eigenvalue weighted by Gasteiger charge is 2.35. The van der Waals surface area contributed by atoms with E-state index in [0.717, 1.165) is 12.1 Å². The van der Waals surface area contributed by atoms with Crippen molar-refractivity contribution in [2.75, 3.05) is 19.6 Å². The molecule has 1 fully saturated rings. The Balaban J connectivity index is 1.58. The van der Waals surface area contributed by atoms with Gasteiger partial charge in [-0.05, 0) is 25.0 Å². The van der Waals surface area contributed by atoms with Crippen LogP contribution < -0.4 is 4.72 Å². The molecule has 3 rings (SSSR count). The third-order valence-electron chi connectivity index (χ3n) is 4.70. The minimum atomic E-state index is -4.18. The fourth-order valence-electron chi connectivity index (χ4n) is 3.10. The molecular formula is C16H20FN5O5S2. The molecule has 1 aromatic carbocycles. The van der Waals surface area contributed by atoms with Gasteiger partial charge in [0.25, 0.3) is 0 Å². The molecule has 2 heterocycles. The normalized spacial score (nSPS) is 16.1. The van der Waals surface area contributed by atoms with Crippen LogP contribution in [0.25, 0.3) is 0 Å². The second-order valence-corrected chi connectivity index (χ2v) is 10.5. The topological polar surface area (TPSA) is 131 Å². The van der Waals surface area contributed by atoms with Crippen molar-refractivity contribution in [2.45, 2.75) is 28.1 Å². The molecule has 0 saturated carbocycles. The number of sulfonamides is 1. The SMILES string of the molecule is Cn1cnnc1S(=O)(=O)C1CCN(C(=O)CNS(=O)(=O)c2ccccc2F)CC1. The second-order valence-electron chi connectivity index (χ2n) is 6.60. The first kappa shape index (κ1) is 21.3. The molecule has 1 aliphatic rings. The number of hydrogen-bond donors (Lipinski definition) is 1. The largest absolute Gasteiger partial charge is 0.341 e. The molecule has 0 atom stereocenters. The van der Waals surface area contributed by atoms with Gasteiger partial charge in [0.1, 0.15) is 17.0 Å². The van der Waals surface area contributed by atoms with Crippen molar-refractivity contribution in [3.05, 3.63) is 36.4 Å². The third-order valence-corrected chi connectivity index (χ3v) is 8.36. The van der Waals surface area contributed by atoms with Crippen LogP contribution in [0.4, 0.5) is 4.39 Å². The van der Waals surface area contributed by atoms with Crippen molar-refractivity contribution < 1.29 is 26.0 Å². The maximum absolute atomic E-state index is 13.7. The molecule has 1 saturated heterocycles. The van der Waals surface area contributed by atoms with E-state index in [1.165, 1.54) is 35.0 Å².